The van der Waals surface area contributed by atoms with Crippen molar-refractivity contribution in [2.45, 2.75) is 19.3 Å². The van der Waals surface area contributed by atoms with Crippen LogP contribution in [-0.4, -0.2) is 11.6 Å². The van der Waals surface area contributed by atoms with E-state index < -0.39 is 6.89 Å². The lowest BCUT2D eigenvalue weighted by atomic mass is 10.1. The molecule has 0 saturated carbocycles. The summed E-state index contributed by atoms with van der Waals surface area (Å²) in [6.07, 6.45) is 2.34. The Morgan fingerprint density at radius 3 is 1.39 bits per heavy atom. The van der Waals surface area contributed by atoms with Crippen LogP contribution in [0.15, 0.2) is 121 Å². The average molecular weight is 423 g/mol. The summed E-state index contributed by atoms with van der Waals surface area (Å²) in [5.41, 5.74) is 1.28. The monoisotopic (exact) mass is 422 g/mol. The fraction of sp³-hybridized carbons (Fsp3) is 0.103. The molecule has 154 valence electrons. The Labute approximate surface area is 185 Å². The van der Waals surface area contributed by atoms with E-state index in [9.17, 15) is 4.79 Å². The van der Waals surface area contributed by atoms with E-state index in [2.05, 4.69) is 103 Å². The quantitative estimate of drug-likeness (QED) is 0.349. The fourth-order valence-electron chi connectivity index (χ4n) is 4.05. The topological polar surface area (TPSA) is 17.1 Å². The zero-order valence-corrected chi connectivity index (χ0v) is 18.5. The first-order chi connectivity index (χ1) is 15.3. The van der Waals surface area contributed by atoms with Gasteiger partial charge in [0.2, 0.25) is 0 Å². The largest absolute Gasteiger partial charge is 0.295 e. The Morgan fingerprint density at radius 1 is 0.581 bits per heavy atom. The third kappa shape index (κ3) is 4.95. The second-order valence-corrected chi connectivity index (χ2v) is 10.9. The number of aryl methyl sites for hydroxylation is 1. The fourth-order valence-corrected chi connectivity index (χ4v) is 7.88. The summed E-state index contributed by atoms with van der Waals surface area (Å²) < 4.78 is 0. The normalized spacial score (nSPS) is 11.1. The number of rotatable bonds is 8. The SMILES string of the molecule is O=C(C=P(c1ccccc1)(c1ccccc1)c1ccccc1)CCCc1ccccc1. The molecule has 0 fully saturated rings. The van der Waals surface area contributed by atoms with Gasteiger partial charge in [0.15, 0.2) is 5.78 Å². The van der Waals surface area contributed by atoms with E-state index in [1.54, 1.807) is 0 Å². The Bertz CT molecular complexity index is 1050. The van der Waals surface area contributed by atoms with Crippen LogP contribution in [0.1, 0.15) is 18.4 Å². The maximum Gasteiger partial charge on any atom is 0.156 e. The Balaban J connectivity index is 1.77. The zero-order chi connectivity index (χ0) is 21.4. The third-order valence-corrected chi connectivity index (χ3v) is 9.57. The maximum atomic E-state index is 13.3. The van der Waals surface area contributed by atoms with Gasteiger partial charge in [-0.1, -0.05) is 121 Å². The molecule has 0 aliphatic heterocycles. The van der Waals surface area contributed by atoms with Crippen molar-refractivity contribution in [3.63, 3.8) is 0 Å². The minimum Gasteiger partial charge on any atom is -0.295 e. The van der Waals surface area contributed by atoms with Crippen molar-refractivity contribution in [2.24, 2.45) is 0 Å². The minimum absolute atomic E-state index is 0.223. The highest BCUT2D eigenvalue weighted by molar-refractivity contribution is 7.95. The lowest BCUT2D eigenvalue weighted by molar-refractivity contribution is -0.112. The molecule has 2 heteroatoms. The lowest BCUT2D eigenvalue weighted by Gasteiger charge is -2.28. The van der Waals surface area contributed by atoms with Crippen LogP contribution in [0.4, 0.5) is 0 Å². The molecule has 0 amide bonds. The minimum atomic E-state index is -2.20. The molecule has 0 atom stereocenters. The van der Waals surface area contributed by atoms with Crippen molar-refractivity contribution in [3.05, 3.63) is 127 Å². The molecular formula is C29H27OP. The molecule has 0 bridgehead atoms. The van der Waals surface area contributed by atoms with E-state index in [1.807, 2.05) is 24.3 Å². The summed E-state index contributed by atoms with van der Waals surface area (Å²) in [6.45, 7) is -2.20. The molecule has 0 aliphatic carbocycles. The highest BCUT2D eigenvalue weighted by Crippen LogP contribution is 2.43. The second-order valence-electron chi connectivity index (χ2n) is 7.66. The van der Waals surface area contributed by atoms with Crippen LogP contribution in [0.25, 0.3) is 0 Å². The lowest BCUT2D eigenvalue weighted by Crippen LogP contribution is -2.28. The number of hydrogen-bond acceptors (Lipinski definition) is 1. The average Bonchev–Trinajstić information content (AvgIpc) is 2.85. The molecule has 0 heterocycles. The van der Waals surface area contributed by atoms with Gasteiger partial charge in [0, 0.05) is 6.42 Å². The van der Waals surface area contributed by atoms with Crippen molar-refractivity contribution in [3.8, 4) is 0 Å². The maximum absolute atomic E-state index is 13.3. The van der Waals surface area contributed by atoms with Crippen molar-refractivity contribution in [2.75, 3.05) is 0 Å². The van der Waals surface area contributed by atoms with Crippen molar-refractivity contribution < 1.29 is 4.79 Å². The van der Waals surface area contributed by atoms with Crippen LogP contribution in [0.5, 0.6) is 0 Å². The van der Waals surface area contributed by atoms with Gasteiger partial charge in [-0.15, -0.1) is 0 Å². The van der Waals surface area contributed by atoms with Crippen molar-refractivity contribution >= 4 is 34.4 Å². The van der Waals surface area contributed by atoms with Gasteiger partial charge < -0.3 is 0 Å². The number of Topliss-reactive ketones (excluding diaryl/α,β-unsaturated/α-hetero) is 1. The van der Waals surface area contributed by atoms with Crippen LogP contribution >= 0.6 is 6.89 Å². The van der Waals surface area contributed by atoms with Crippen LogP contribution in [0.2, 0.25) is 0 Å². The third-order valence-electron chi connectivity index (χ3n) is 5.56. The summed E-state index contributed by atoms with van der Waals surface area (Å²) in [4.78, 5) is 13.3. The molecule has 4 rings (SSSR count). The first-order valence-corrected chi connectivity index (χ1v) is 12.6. The van der Waals surface area contributed by atoms with Crippen LogP contribution < -0.4 is 15.9 Å². The Hall–Kier alpha value is -3.15. The number of hydrogen-bond donors (Lipinski definition) is 0. The highest BCUT2D eigenvalue weighted by Gasteiger charge is 2.26. The smallest absolute Gasteiger partial charge is 0.156 e. The molecule has 31 heavy (non-hydrogen) atoms. The van der Waals surface area contributed by atoms with Gasteiger partial charge in [0.05, 0.1) is 0 Å². The summed E-state index contributed by atoms with van der Waals surface area (Å²) in [5.74, 6) is 2.28. The van der Waals surface area contributed by atoms with Gasteiger partial charge in [-0.2, -0.15) is 0 Å². The zero-order valence-electron chi connectivity index (χ0n) is 17.6. The van der Waals surface area contributed by atoms with Gasteiger partial charge in [-0.05, 0) is 47.0 Å². The molecule has 0 spiro atoms. The molecule has 0 saturated heterocycles. The predicted molar refractivity (Wildman–Crippen MR) is 136 cm³/mol. The van der Waals surface area contributed by atoms with Crippen LogP contribution in [-0.2, 0) is 11.2 Å². The molecule has 0 N–H and O–H groups in total. The highest BCUT2D eigenvalue weighted by atomic mass is 31.2. The van der Waals surface area contributed by atoms with Crippen molar-refractivity contribution in [1.29, 1.82) is 0 Å². The van der Waals surface area contributed by atoms with Gasteiger partial charge >= 0.3 is 0 Å². The molecule has 0 radical (unpaired) electrons. The molecule has 0 unspecified atom stereocenters. The van der Waals surface area contributed by atoms with Gasteiger partial charge in [0.1, 0.15) is 0 Å². The molecule has 1 nitrogen and oxygen atoms in total. The van der Waals surface area contributed by atoms with Crippen molar-refractivity contribution in [1.82, 2.24) is 0 Å². The molecule has 0 aliphatic rings. The summed E-state index contributed by atoms with van der Waals surface area (Å²) in [5, 5.41) is 3.64. The van der Waals surface area contributed by atoms with Gasteiger partial charge in [0.25, 0.3) is 0 Å². The van der Waals surface area contributed by atoms with E-state index >= 15 is 0 Å². The number of carbonyl (C=O) groups is 1. The molecule has 4 aromatic rings. The summed E-state index contributed by atoms with van der Waals surface area (Å²) >= 11 is 0. The Morgan fingerprint density at radius 2 is 0.968 bits per heavy atom. The first-order valence-electron chi connectivity index (χ1n) is 10.8. The van der Waals surface area contributed by atoms with E-state index in [-0.39, 0.29) is 5.78 Å². The molecule has 0 aromatic heterocycles. The predicted octanol–water partition coefficient (Wildman–Crippen LogP) is 5.37. The second kappa shape index (κ2) is 10.2. The Kier molecular flexibility index (Phi) is 6.97. The van der Waals surface area contributed by atoms with Gasteiger partial charge in [-0.3, -0.25) is 4.79 Å². The van der Waals surface area contributed by atoms with Crippen LogP contribution in [0.3, 0.4) is 0 Å². The summed E-state index contributed by atoms with van der Waals surface area (Å²) in [6, 6.07) is 42.0. The van der Waals surface area contributed by atoms with Crippen LogP contribution in [0, 0.1) is 0 Å². The first kappa shape index (κ1) is 21.1. The number of carbonyl (C=O) groups excluding carboxylic acids is 1. The number of benzene rings is 4. The number of ketones is 1. The molecule has 4 aromatic carbocycles. The standard InChI is InChI=1S/C29H27OP/c30-26(17-13-16-25-14-5-1-6-15-25)24-31(27-18-7-2-8-19-27,28-20-9-3-10-21-28)29-22-11-4-12-23-29/h1-12,14-15,18-24H,13,16-17H2. The van der Waals surface area contributed by atoms with Gasteiger partial charge in [-0.25, -0.2) is 0 Å². The van der Waals surface area contributed by atoms with E-state index in [0.717, 1.165) is 12.8 Å². The van der Waals surface area contributed by atoms with E-state index in [4.69, 9.17) is 0 Å². The summed E-state index contributed by atoms with van der Waals surface area (Å²) in [7, 11) is 0. The molecular weight excluding hydrogens is 395 g/mol. The van der Waals surface area contributed by atoms with E-state index in [1.165, 1.54) is 21.5 Å². The van der Waals surface area contributed by atoms with E-state index in [0.29, 0.717) is 6.42 Å².